The summed E-state index contributed by atoms with van der Waals surface area (Å²) in [6.45, 7) is 2.78. The van der Waals surface area contributed by atoms with E-state index in [1.807, 2.05) is 25.1 Å². The molecular weight excluding hydrogens is 244 g/mol. The lowest BCUT2D eigenvalue weighted by atomic mass is 9.78. The second kappa shape index (κ2) is 4.66. The van der Waals surface area contributed by atoms with Gasteiger partial charge in [0.25, 0.3) is 0 Å². The fraction of sp³-hybridized carbons (Fsp3) is 0.250. The van der Waals surface area contributed by atoms with Gasteiger partial charge in [0.15, 0.2) is 0 Å². The van der Waals surface area contributed by atoms with Crippen LogP contribution in [-0.2, 0) is 6.42 Å². The van der Waals surface area contributed by atoms with E-state index in [9.17, 15) is 0 Å². The number of halogens is 1. The first-order valence-corrected chi connectivity index (χ1v) is 6.58. The Hall–Kier alpha value is -1.47. The molecule has 2 heteroatoms. The van der Waals surface area contributed by atoms with Crippen LogP contribution < -0.4 is 4.74 Å². The van der Waals surface area contributed by atoms with E-state index in [-0.39, 0.29) is 0 Å². The average molecular weight is 259 g/mol. The first-order chi connectivity index (χ1) is 8.74. The number of hydrogen-bond donors (Lipinski definition) is 0. The van der Waals surface area contributed by atoms with Crippen LogP contribution in [-0.4, -0.2) is 6.61 Å². The maximum atomic E-state index is 5.98. The van der Waals surface area contributed by atoms with Gasteiger partial charge in [0.1, 0.15) is 5.75 Å². The Morgan fingerprint density at radius 1 is 1.22 bits per heavy atom. The van der Waals surface area contributed by atoms with Gasteiger partial charge in [0, 0.05) is 10.9 Å². The molecule has 0 saturated carbocycles. The van der Waals surface area contributed by atoms with Crippen LogP contribution in [0.5, 0.6) is 5.75 Å². The van der Waals surface area contributed by atoms with E-state index in [1.54, 1.807) is 0 Å². The highest BCUT2D eigenvalue weighted by atomic mass is 35.5. The van der Waals surface area contributed by atoms with Crippen LogP contribution in [0.4, 0.5) is 0 Å². The van der Waals surface area contributed by atoms with Gasteiger partial charge in [-0.3, -0.25) is 0 Å². The zero-order chi connectivity index (χ0) is 12.5. The van der Waals surface area contributed by atoms with E-state index in [0.29, 0.717) is 5.92 Å². The lowest BCUT2D eigenvalue weighted by Gasteiger charge is -2.30. The second-order valence-corrected chi connectivity index (χ2v) is 5.26. The van der Waals surface area contributed by atoms with Crippen molar-refractivity contribution in [2.45, 2.75) is 19.3 Å². The molecule has 0 N–H and O–H groups in total. The van der Waals surface area contributed by atoms with Crippen molar-refractivity contribution >= 4 is 11.6 Å². The molecule has 1 aliphatic carbocycles. The van der Waals surface area contributed by atoms with Crippen molar-refractivity contribution in [2.24, 2.45) is 0 Å². The normalized spacial score (nSPS) is 16.9. The molecule has 0 fully saturated rings. The number of hydrogen-bond acceptors (Lipinski definition) is 1. The van der Waals surface area contributed by atoms with Gasteiger partial charge in [-0.1, -0.05) is 41.9 Å². The number of aryl methyl sites for hydroxylation is 1. The molecule has 0 radical (unpaired) electrons. The summed E-state index contributed by atoms with van der Waals surface area (Å²) >= 11 is 5.98. The predicted molar refractivity (Wildman–Crippen MR) is 74.6 cm³/mol. The van der Waals surface area contributed by atoms with Crippen LogP contribution in [0, 0.1) is 6.92 Å². The highest BCUT2D eigenvalue weighted by Gasteiger charge is 2.25. The summed E-state index contributed by atoms with van der Waals surface area (Å²) in [5.74, 6) is 1.42. The Morgan fingerprint density at radius 2 is 2.06 bits per heavy atom. The topological polar surface area (TPSA) is 9.23 Å². The Bertz CT molecular complexity index is 577. The molecule has 1 atom stereocenters. The standard InChI is InChI=1S/C16H15ClO/c1-11-6-7-14(17)9-16(11)18-10-13-8-12-4-2-3-5-15(12)13/h2-7,9,13H,8,10H2,1H3. The van der Waals surface area contributed by atoms with E-state index in [2.05, 4.69) is 24.3 Å². The van der Waals surface area contributed by atoms with Gasteiger partial charge in [0.05, 0.1) is 6.61 Å². The first kappa shape index (κ1) is 11.6. The van der Waals surface area contributed by atoms with Gasteiger partial charge in [-0.2, -0.15) is 0 Å². The summed E-state index contributed by atoms with van der Waals surface area (Å²) in [6.07, 6.45) is 1.12. The number of fused-ring (bicyclic) bond motifs is 1. The van der Waals surface area contributed by atoms with Gasteiger partial charge < -0.3 is 4.74 Å². The molecule has 0 spiro atoms. The first-order valence-electron chi connectivity index (χ1n) is 6.21. The Labute approximate surface area is 112 Å². The quantitative estimate of drug-likeness (QED) is 0.795. The van der Waals surface area contributed by atoms with E-state index < -0.39 is 0 Å². The molecule has 0 aromatic heterocycles. The molecule has 18 heavy (non-hydrogen) atoms. The van der Waals surface area contributed by atoms with Crippen LogP contribution in [0.15, 0.2) is 42.5 Å². The van der Waals surface area contributed by atoms with Crippen molar-refractivity contribution in [1.82, 2.24) is 0 Å². The van der Waals surface area contributed by atoms with Crippen LogP contribution in [0.25, 0.3) is 0 Å². The molecular formula is C16H15ClO. The minimum atomic E-state index is 0.527. The second-order valence-electron chi connectivity index (χ2n) is 4.82. The third-order valence-corrected chi connectivity index (χ3v) is 3.79. The zero-order valence-electron chi connectivity index (χ0n) is 10.3. The van der Waals surface area contributed by atoms with Gasteiger partial charge in [0.2, 0.25) is 0 Å². The van der Waals surface area contributed by atoms with E-state index in [0.717, 1.165) is 29.4 Å². The van der Waals surface area contributed by atoms with Crippen LogP contribution in [0.3, 0.4) is 0 Å². The SMILES string of the molecule is Cc1ccc(Cl)cc1OCC1Cc2ccccc21. The zero-order valence-corrected chi connectivity index (χ0v) is 11.1. The highest BCUT2D eigenvalue weighted by molar-refractivity contribution is 6.30. The van der Waals surface area contributed by atoms with E-state index in [1.165, 1.54) is 11.1 Å². The molecule has 0 saturated heterocycles. The summed E-state index contributed by atoms with van der Waals surface area (Å²) in [4.78, 5) is 0. The largest absolute Gasteiger partial charge is 0.493 e. The molecule has 0 amide bonds. The molecule has 1 unspecified atom stereocenters. The lowest BCUT2D eigenvalue weighted by Crippen LogP contribution is -2.23. The smallest absolute Gasteiger partial charge is 0.123 e. The third kappa shape index (κ3) is 2.11. The molecule has 1 aliphatic rings. The van der Waals surface area contributed by atoms with Crippen LogP contribution in [0.2, 0.25) is 5.02 Å². The summed E-state index contributed by atoms with van der Waals surface area (Å²) < 4.78 is 5.89. The van der Waals surface area contributed by atoms with Crippen molar-refractivity contribution < 1.29 is 4.74 Å². The fourth-order valence-corrected chi connectivity index (χ4v) is 2.59. The third-order valence-electron chi connectivity index (χ3n) is 3.55. The molecule has 2 aromatic carbocycles. The monoisotopic (exact) mass is 258 g/mol. The Morgan fingerprint density at radius 3 is 2.89 bits per heavy atom. The number of rotatable bonds is 3. The summed E-state index contributed by atoms with van der Waals surface area (Å²) in [7, 11) is 0. The van der Waals surface area contributed by atoms with Crippen molar-refractivity contribution in [3.63, 3.8) is 0 Å². The Balaban J connectivity index is 1.68. The van der Waals surface area contributed by atoms with Crippen molar-refractivity contribution in [3.8, 4) is 5.75 Å². The minimum Gasteiger partial charge on any atom is -0.493 e. The van der Waals surface area contributed by atoms with Gasteiger partial charge in [-0.05, 0) is 42.2 Å². The maximum absolute atomic E-state index is 5.98. The molecule has 0 aliphatic heterocycles. The number of ether oxygens (including phenoxy) is 1. The highest BCUT2D eigenvalue weighted by Crippen LogP contribution is 2.35. The van der Waals surface area contributed by atoms with Crippen molar-refractivity contribution in [2.75, 3.05) is 6.61 Å². The molecule has 92 valence electrons. The number of benzene rings is 2. The van der Waals surface area contributed by atoms with Gasteiger partial charge >= 0.3 is 0 Å². The predicted octanol–water partition coefficient (Wildman–Crippen LogP) is 4.37. The Kier molecular flexibility index (Phi) is 3.00. The summed E-state index contributed by atoms with van der Waals surface area (Å²) in [6, 6.07) is 14.3. The minimum absolute atomic E-state index is 0.527. The van der Waals surface area contributed by atoms with Crippen LogP contribution in [0.1, 0.15) is 22.6 Å². The van der Waals surface area contributed by atoms with Crippen molar-refractivity contribution in [1.29, 1.82) is 0 Å². The summed E-state index contributed by atoms with van der Waals surface area (Å²) in [5, 5.41) is 0.726. The molecule has 0 heterocycles. The molecule has 0 bridgehead atoms. The summed E-state index contributed by atoms with van der Waals surface area (Å²) in [5.41, 5.74) is 4.01. The average Bonchev–Trinajstić information content (AvgIpc) is 2.34. The maximum Gasteiger partial charge on any atom is 0.123 e. The molecule has 1 nitrogen and oxygen atoms in total. The van der Waals surface area contributed by atoms with Gasteiger partial charge in [-0.25, -0.2) is 0 Å². The van der Waals surface area contributed by atoms with Gasteiger partial charge in [-0.15, -0.1) is 0 Å². The lowest BCUT2D eigenvalue weighted by molar-refractivity contribution is 0.273. The van der Waals surface area contributed by atoms with Crippen LogP contribution >= 0.6 is 11.6 Å². The van der Waals surface area contributed by atoms with E-state index >= 15 is 0 Å². The van der Waals surface area contributed by atoms with E-state index in [4.69, 9.17) is 16.3 Å². The molecule has 3 rings (SSSR count). The fourth-order valence-electron chi connectivity index (χ4n) is 2.43. The molecule has 2 aromatic rings. The van der Waals surface area contributed by atoms with Crippen molar-refractivity contribution in [3.05, 3.63) is 64.2 Å².